The maximum absolute atomic E-state index is 13.1. The van der Waals surface area contributed by atoms with Crippen LogP contribution in [0.5, 0.6) is 0 Å². The maximum atomic E-state index is 13.1. The first-order chi connectivity index (χ1) is 12.9. The van der Waals surface area contributed by atoms with E-state index in [1.807, 2.05) is 42.5 Å². The van der Waals surface area contributed by atoms with Crippen molar-refractivity contribution in [3.8, 4) is 0 Å². The number of aromatic nitrogens is 1. The van der Waals surface area contributed by atoms with Crippen molar-refractivity contribution < 1.29 is 18.0 Å². The van der Waals surface area contributed by atoms with E-state index in [9.17, 15) is 13.2 Å². The van der Waals surface area contributed by atoms with Crippen molar-refractivity contribution in [1.29, 1.82) is 0 Å². The van der Waals surface area contributed by atoms with E-state index in [2.05, 4.69) is 4.98 Å². The molecule has 1 heterocycles. The van der Waals surface area contributed by atoms with Crippen LogP contribution in [0.15, 0.2) is 73.1 Å². The summed E-state index contributed by atoms with van der Waals surface area (Å²) in [5, 5.41) is 1.67. The first-order valence-electron chi connectivity index (χ1n) is 8.44. The minimum absolute atomic E-state index is 0.0311. The van der Waals surface area contributed by atoms with Crippen LogP contribution in [0, 0.1) is 6.92 Å². The lowest BCUT2D eigenvalue weighted by Crippen LogP contribution is -2.23. The van der Waals surface area contributed by atoms with Crippen LogP contribution in [0.2, 0.25) is 0 Å². The van der Waals surface area contributed by atoms with E-state index in [0.29, 0.717) is 12.1 Å². The van der Waals surface area contributed by atoms with Gasteiger partial charge in [-0.05, 0) is 53.9 Å². The average Bonchev–Trinajstić information content (AvgIpc) is 2.67. The summed E-state index contributed by atoms with van der Waals surface area (Å²) in [5.41, 5.74) is 1.82. The van der Waals surface area contributed by atoms with Gasteiger partial charge in [0.05, 0.1) is 24.4 Å². The Bertz CT molecular complexity index is 868. The summed E-state index contributed by atoms with van der Waals surface area (Å²) in [4.78, 5) is 9.87. The minimum Gasteiger partial charge on any atom is -0.268 e. The summed E-state index contributed by atoms with van der Waals surface area (Å²) >= 11 is 0. The molecule has 2 aromatic carbocycles. The van der Waals surface area contributed by atoms with Gasteiger partial charge in [-0.3, -0.25) is 9.82 Å². The van der Waals surface area contributed by atoms with Gasteiger partial charge in [-0.25, -0.2) is 5.06 Å². The molecule has 0 saturated heterocycles. The molecule has 3 aromatic rings. The highest BCUT2D eigenvalue weighted by Gasteiger charge is 2.32. The minimum atomic E-state index is -4.38. The Hall–Kier alpha value is -2.86. The van der Waals surface area contributed by atoms with Crippen LogP contribution in [-0.4, -0.2) is 4.98 Å². The fraction of sp³-hybridized carbons (Fsp3) is 0.190. The van der Waals surface area contributed by atoms with Crippen LogP contribution in [-0.2, 0) is 24.2 Å². The largest absolute Gasteiger partial charge is 0.416 e. The Morgan fingerprint density at radius 1 is 0.926 bits per heavy atom. The predicted molar refractivity (Wildman–Crippen MR) is 97.8 cm³/mol. The van der Waals surface area contributed by atoms with Gasteiger partial charge < -0.3 is 0 Å². The number of anilines is 1. The Labute approximate surface area is 156 Å². The van der Waals surface area contributed by atoms with Gasteiger partial charge in [0.15, 0.2) is 0 Å². The standard InChI is InChI=1S/C21H19F3N2O/c1-16-7-8-18(13-20(16)21(22,23)24)15-27-26(19-5-3-2-4-6-19)14-17-9-11-25-12-10-17/h2-13H,14-15H2,1H3. The van der Waals surface area contributed by atoms with Crippen LogP contribution >= 0.6 is 0 Å². The van der Waals surface area contributed by atoms with Gasteiger partial charge in [-0.15, -0.1) is 0 Å². The van der Waals surface area contributed by atoms with Crippen LogP contribution in [0.1, 0.15) is 22.3 Å². The third-order valence-corrected chi connectivity index (χ3v) is 4.11. The van der Waals surface area contributed by atoms with Crippen molar-refractivity contribution in [2.24, 2.45) is 0 Å². The first kappa shape index (κ1) is 18.9. The molecule has 0 unspecified atom stereocenters. The number of para-hydroxylation sites is 1. The summed E-state index contributed by atoms with van der Waals surface area (Å²) < 4.78 is 39.4. The number of hydrogen-bond acceptors (Lipinski definition) is 3. The SMILES string of the molecule is Cc1ccc(CON(Cc2ccncc2)c2ccccc2)cc1C(F)(F)F. The highest BCUT2D eigenvalue weighted by Crippen LogP contribution is 2.32. The van der Waals surface area contributed by atoms with Gasteiger partial charge in [0, 0.05) is 12.4 Å². The van der Waals surface area contributed by atoms with Gasteiger partial charge in [-0.2, -0.15) is 13.2 Å². The fourth-order valence-corrected chi connectivity index (χ4v) is 2.68. The molecule has 0 aliphatic rings. The highest BCUT2D eigenvalue weighted by molar-refractivity contribution is 5.44. The predicted octanol–water partition coefficient (Wildman–Crippen LogP) is 5.55. The molecule has 3 nitrogen and oxygen atoms in total. The van der Waals surface area contributed by atoms with Gasteiger partial charge in [-0.1, -0.05) is 30.3 Å². The molecule has 6 heteroatoms. The molecule has 0 radical (unpaired) electrons. The number of hydrogen-bond donors (Lipinski definition) is 0. The molecule has 0 saturated carbocycles. The molecule has 0 aliphatic carbocycles. The number of alkyl halides is 3. The number of pyridine rings is 1. The second kappa shape index (κ2) is 8.22. The number of benzene rings is 2. The van der Waals surface area contributed by atoms with Gasteiger partial charge in [0.2, 0.25) is 0 Å². The van der Waals surface area contributed by atoms with E-state index in [0.717, 1.165) is 17.3 Å². The van der Waals surface area contributed by atoms with Gasteiger partial charge >= 0.3 is 6.18 Å². The average molecular weight is 372 g/mol. The Morgan fingerprint density at radius 2 is 1.63 bits per heavy atom. The van der Waals surface area contributed by atoms with Gasteiger partial charge in [0.25, 0.3) is 0 Å². The number of halogens is 3. The van der Waals surface area contributed by atoms with Crippen molar-refractivity contribution in [3.05, 3.63) is 95.3 Å². The Balaban J connectivity index is 1.79. The van der Waals surface area contributed by atoms with E-state index < -0.39 is 11.7 Å². The van der Waals surface area contributed by atoms with E-state index in [1.165, 1.54) is 13.0 Å². The zero-order valence-electron chi connectivity index (χ0n) is 14.8. The van der Waals surface area contributed by atoms with Crippen LogP contribution in [0.25, 0.3) is 0 Å². The fourth-order valence-electron chi connectivity index (χ4n) is 2.68. The van der Waals surface area contributed by atoms with Crippen molar-refractivity contribution in [1.82, 2.24) is 4.98 Å². The molecule has 1 aromatic heterocycles. The molecule has 0 bridgehead atoms. The van der Waals surface area contributed by atoms with E-state index >= 15 is 0 Å². The molecule has 27 heavy (non-hydrogen) atoms. The summed E-state index contributed by atoms with van der Waals surface area (Å²) in [6.07, 6.45) is -1.00. The van der Waals surface area contributed by atoms with Crippen molar-refractivity contribution in [2.75, 3.05) is 5.06 Å². The molecule has 3 rings (SSSR count). The number of hydroxylamine groups is 1. The smallest absolute Gasteiger partial charge is 0.268 e. The molecule has 0 N–H and O–H groups in total. The van der Waals surface area contributed by atoms with E-state index in [4.69, 9.17) is 4.84 Å². The number of aryl methyl sites for hydroxylation is 1. The summed E-state index contributed by atoms with van der Waals surface area (Å²) in [7, 11) is 0. The highest BCUT2D eigenvalue weighted by atomic mass is 19.4. The molecule has 0 atom stereocenters. The molecule has 0 spiro atoms. The summed E-state index contributed by atoms with van der Waals surface area (Å²) in [6, 6.07) is 17.4. The first-order valence-corrected chi connectivity index (χ1v) is 8.44. The van der Waals surface area contributed by atoms with Crippen LogP contribution in [0.4, 0.5) is 18.9 Å². The number of nitrogens with zero attached hydrogens (tertiary/aromatic N) is 2. The molecule has 140 valence electrons. The number of rotatable bonds is 6. The van der Waals surface area contributed by atoms with Gasteiger partial charge in [0.1, 0.15) is 0 Å². The third-order valence-electron chi connectivity index (χ3n) is 4.11. The lowest BCUT2D eigenvalue weighted by atomic mass is 10.1. The Morgan fingerprint density at radius 3 is 2.30 bits per heavy atom. The van der Waals surface area contributed by atoms with Crippen LogP contribution in [0.3, 0.4) is 0 Å². The van der Waals surface area contributed by atoms with Crippen molar-refractivity contribution in [3.63, 3.8) is 0 Å². The zero-order chi connectivity index (χ0) is 19.3. The van der Waals surface area contributed by atoms with E-state index in [-0.39, 0.29) is 12.2 Å². The second-order valence-corrected chi connectivity index (χ2v) is 6.15. The van der Waals surface area contributed by atoms with Crippen molar-refractivity contribution >= 4 is 5.69 Å². The lowest BCUT2D eigenvalue weighted by molar-refractivity contribution is -0.138. The molecule has 0 fully saturated rings. The van der Waals surface area contributed by atoms with Crippen LogP contribution < -0.4 is 5.06 Å². The van der Waals surface area contributed by atoms with E-state index in [1.54, 1.807) is 23.5 Å². The molecule has 0 amide bonds. The lowest BCUT2D eigenvalue weighted by Gasteiger charge is -2.24. The monoisotopic (exact) mass is 372 g/mol. The summed E-state index contributed by atoms with van der Waals surface area (Å²) in [5.74, 6) is 0. The van der Waals surface area contributed by atoms with Crippen molar-refractivity contribution in [2.45, 2.75) is 26.3 Å². The molecular formula is C21H19F3N2O. The molecular weight excluding hydrogens is 353 g/mol. The maximum Gasteiger partial charge on any atom is 0.416 e. The topological polar surface area (TPSA) is 25.4 Å². The quantitative estimate of drug-likeness (QED) is 0.531. The Kier molecular flexibility index (Phi) is 5.76. The summed E-state index contributed by atoms with van der Waals surface area (Å²) in [6.45, 7) is 1.93. The normalized spacial score (nSPS) is 11.4. The zero-order valence-corrected chi connectivity index (χ0v) is 14.8. The second-order valence-electron chi connectivity index (χ2n) is 6.15. The molecule has 0 aliphatic heterocycles. The third kappa shape index (κ3) is 5.08.